The van der Waals surface area contributed by atoms with Crippen LogP contribution in [0.5, 0.6) is 0 Å². The first-order valence-corrected chi connectivity index (χ1v) is 7.49. The number of aliphatic hydroxyl groups is 1. The Labute approximate surface area is 126 Å². The third-order valence-corrected chi connectivity index (χ3v) is 4.29. The predicted octanol–water partition coefficient (Wildman–Crippen LogP) is 1.39. The van der Waals surface area contributed by atoms with Gasteiger partial charge in [0.05, 0.1) is 12.3 Å². The van der Waals surface area contributed by atoms with E-state index in [1.165, 1.54) is 0 Å². The molecule has 2 aliphatic rings. The molecule has 1 aromatic rings. The topological polar surface area (TPSA) is 52.5 Å². The smallest absolute Gasteiger partial charge is 0.392 e. The van der Waals surface area contributed by atoms with Crippen LogP contribution >= 0.6 is 0 Å². The van der Waals surface area contributed by atoms with Crippen LogP contribution < -0.4 is 4.90 Å². The van der Waals surface area contributed by atoms with E-state index in [4.69, 9.17) is 0 Å². The molecule has 1 saturated heterocycles. The maximum Gasteiger partial charge on any atom is 0.420 e. The van der Waals surface area contributed by atoms with E-state index in [1.54, 1.807) is 4.90 Å². The molecule has 1 saturated carbocycles. The van der Waals surface area contributed by atoms with Gasteiger partial charge in [0.2, 0.25) is 0 Å². The van der Waals surface area contributed by atoms with Gasteiger partial charge in [-0.15, -0.1) is 5.10 Å². The first kappa shape index (κ1) is 15.5. The van der Waals surface area contributed by atoms with Crippen molar-refractivity contribution in [2.45, 2.75) is 25.1 Å². The first-order chi connectivity index (χ1) is 10.4. The van der Waals surface area contributed by atoms with Crippen LogP contribution in [0.4, 0.5) is 19.0 Å². The van der Waals surface area contributed by atoms with Gasteiger partial charge >= 0.3 is 6.18 Å². The van der Waals surface area contributed by atoms with Gasteiger partial charge in [-0.3, -0.25) is 4.90 Å². The van der Waals surface area contributed by atoms with Crippen molar-refractivity contribution in [1.82, 2.24) is 15.1 Å². The highest BCUT2D eigenvalue weighted by Crippen LogP contribution is 2.35. The average Bonchev–Trinajstić information content (AvgIpc) is 3.32. The monoisotopic (exact) mass is 316 g/mol. The lowest BCUT2D eigenvalue weighted by atomic mass is 10.2. The number of piperazine rings is 1. The van der Waals surface area contributed by atoms with Gasteiger partial charge in [0.1, 0.15) is 5.56 Å². The maximum absolute atomic E-state index is 13.0. The van der Waals surface area contributed by atoms with E-state index in [0.717, 1.165) is 25.1 Å². The second-order valence-electron chi connectivity index (χ2n) is 5.96. The number of rotatable bonds is 4. The van der Waals surface area contributed by atoms with Crippen molar-refractivity contribution in [2.75, 3.05) is 37.6 Å². The summed E-state index contributed by atoms with van der Waals surface area (Å²) >= 11 is 0. The molecule has 2 heterocycles. The van der Waals surface area contributed by atoms with E-state index in [9.17, 15) is 18.3 Å². The Bertz CT molecular complexity index is 513. The van der Waals surface area contributed by atoms with Crippen LogP contribution in [0, 0.1) is 5.92 Å². The Morgan fingerprint density at radius 3 is 2.50 bits per heavy atom. The first-order valence-electron chi connectivity index (χ1n) is 7.49. The van der Waals surface area contributed by atoms with Crippen LogP contribution in [0.1, 0.15) is 18.4 Å². The fourth-order valence-corrected chi connectivity index (χ4v) is 2.82. The summed E-state index contributed by atoms with van der Waals surface area (Å²) in [5.74, 6) is 0.312. The Kier molecular flexibility index (Phi) is 4.22. The van der Waals surface area contributed by atoms with Gasteiger partial charge < -0.3 is 10.0 Å². The fourth-order valence-electron chi connectivity index (χ4n) is 2.82. The number of halogens is 3. The molecule has 0 radical (unpaired) electrons. The van der Waals surface area contributed by atoms with Crippen LogP contribution in [-0.2, 0) is 6.18 Å². The second-order valence-corrected chi connectivity index (χ2v) is 5.96. The molecule has 1 aromatic heterocycles. The van der Waals surface area contributed by atoms with Crippen molar-refractivity contribution in [3.63, 3.8) is 0 Å². The third-order valence-electron chi connectivity index (χ3n) is 4.29. The van der Waals surface area contributed by atoms with E-state index in [0.29, 0.717) is 38.6 Å². The molecule has 0 aromatic carbocycles. The summed E-state index contributed by atoms with van der Waals surface area (Å²) in [5, 5.41) is 17.2. The molecule has 0 bridgehead atoms. The maximum atomic E-state index is 13.0. The molecule has 1 unspecified atom stereocenters. The lowest BCUT2D eigenvalue weighted by Crippen LogP contribution is -2.49. The van der Waals surface area contributed by atoms with Gasteiger partial charge in [-0.2, -0.15) is 18.3 Å². The molecule has 1 N–H and O–H groups in total. The molecular weight excluding hydrogens is 297 g/mol. The van der Waals surface area contributed by atoms with Crippen molar-refractivity contribution >= 4 is 5.82 Å². The molecule has 1 aliphatic heterocycles. The van der Waals surface area contributed by atoms with Crippen molar-refractivity contribution < 1.29 is 18.3 Å². The minimum absolute atomic E-state index is 0.0996. The van der Waals surface area contributed by atoms with E-state index >= 15 is 0 Å². The Morgan fingerprint density at radius 1 is 1.23 bits per heavy atom. The Hall–Kier alpha value is -1.41. The highest BCUT2D eigenvalue weighted by molar-refractivity contribution is 5.47. The number of aliphatic hydroxyl groups excluding tert-OH is 1. The standard InChI is InChI=1S/C14H19F3N4O/c15-14(16,17)11-3-4-18-19-13(11)21-7-5-20(6-8-21)9-12(22)10-1-2-10/h3-4,10,12,22H,1-2,5-9H2. The molecule has 3 rings (SSSR count). The van der Waals surface area contributed by atoms with Gasteiger partial charge in [-0.05, 0) is 24.8 Å². The number of alkyl halides is 3. The molecule has 2 fully saturated rings. The van der Waals surface area contributed by atoms with E-state index in [1.807, 2.05) is 0 Å². The van der Waals surface area contributed by atoms with Gasteiger partial charge in [-0.25, -0.2) is 0 Å². The Balaban J connectivity index is 1.61. The van der Waals surface area contributed by atoms with Gasteiger partial charge in [-0.1, -0.05) is 0 Å². The van der Waals surface area contributed by atoms with Crippen LogP contribution in [0.3, 0.4) is 0 Å². The number of aromatic nitrogens is 2. The minimum Gasteiger partial charge on any atom is -0.392 e. The summed E-state index contributed by atoms with van der Waals surface area (Å²) in [6.45, 7) is 2.76. The SMILES string of the molecule is OC(CN1CCN(c2nnccc2C(F)(F)F)CC1)C1CC1. The van der Waals surface area contributed by atoms with Crippen LogP contribution in [0.2, 0.25) is 0 Å². The van der Waals surface area contributed by atoms with E-state index in [2.05, 4.69) is 15.1 Å². The van der Waals surface area contributed by atoms with Crippen molar-refractivity contribution in [3.8, 4) is 0 Å². The highest BCUT2D eigenvalue weighted by atomic mass is 19.4. The summed E-state index contributed by atoms with van der Waals surface area (Å²) in [5.41, 5.74) is -0.742. The number of β-amino-alcohol motifs (C(OH)–C–C–N with tert-alkyl or cyclic N) is 1. The summed E-state index contributed by atoms with van der Waals surface area (Å²) in [4.78, 5) is 3.72. The fraction of sp³-hybridized carbons (Fsp3) is 0.714. The number of hydrogen-bond acceptors (Lipinski definition) is 5. The number of nitrogens with zero attached hydrogens (tertiary/aromatic N) is 4. The predicted molar refractivity (Wildman–Crippen MR) is 74.4 cm³/mol. The van der Waals surface area contributed by atoms with Gasteiger partial charge in [0.15, 0.2) is 5.82 Å². The summed E-state index contributed by atoms with van der Waals surface area (Å²) < 4.78 is 39.0. The van der Waals surface area contributed by atoms with Crippen molar-refractivity contribution in [1.29, 1.82) is 0 Å². The Morgan fingerprint density at radius 2 is 1.91 bits per heavy atom. The molecule has 22 heavy (non-hydrogen) atoms. The van der Waals surface area contributed by atoms with Gasteiger partial charge in [0, 0.05) is 32.7 Å². The minimum atomic E-state index is -4.43. The number of anilines is 1. The largest absolute Gasteiger partial charge is 0.420 e. The third kappa shape index (κ3) is 3.49. The lowest BCUT2D eigenvalue weighted by molar-refractivity contribution is -0.137. The van der Waals surface area contributed by atoms with Crippen molar-refractivity contribution in [3.05, 3.63) is 17.8 Å². The van der Waals surface area contributed by atoms with Crippen molar-refractivity contribution in [2.24, 2.45) is 5.92 Å². The second kappa shape index (κ2) is 6.00. The lowest BCUT2D eigenvalue weighted by Gasteiger charge is -2.36. The van der Waals surface area contributed by atoms with E-state index < -0.39 is 11.7 Å². The molecular formula is C14H19F3N4O. The van der Waals surface area contributed by atoms with E-state index in [-0.39, 0.29) is 11.9 Å². The molecule has 5 nitrogen and oxygen atoms in total. The zero-order valence-electron chi connectivity index (χ0n) is 12.1. The zero-order chi connectivity index (χ0) is 15.7. The summed E-state index contributed by atoms with van der Waals surface area (Å²) in [7, 11) is 0. The normalized spacial score (nSPS) is 21.9. The zero-order valence-corrected chi connectivity index (χ0v) is 12.1. The summed E-state index contributed by atoms with van der Waals surface area (Å²) in [6, 6.07) is 0.964. The highest BCUT2D eigenvalue weighted by Gasteiger charge is 2.37. The molecule has 122 valence electrons. The molecule has 1 aliphatic carbocycles. The molecule has 8 heteroatoms. The molecule has 0 spiro atoms. The quantitative estimate of drug-likeness (QED) is 0.910. The van der Waals surface area contributed by atoms with Crippen LogP contribution in [-0.4, -0.2) is 59.0 Å². The molecule has 1 atom stereocenters. The molecule has 0 amide bonds. The van der Waals surface area contributed by atoms with Crippen LogP contribution in [0.15, 0.2) is 12.3 Å². The van der Waals surface area contributed by atoms with Gasteiger partial charge in [0.25, 0.3) is 0 Å². The number of hydrogen-bond donors (Lipinski definition) is 1. The summed E-state index contributed by atoms with van der Waals surface area (Å²) in [6.07, 6.45) is -1.52. The van der Waals surface area contributed by atoms with Crippen LogP contribution in [0.25, 0.3) is 0 Å². The average molecular weight is 316 g/mol.